The van der Waals surface area contributed by atoms with Crippen LogP contribution in [0.2, 0.25) is 0 Å². The van der Waals surface area contributed by atoms with Gasteiger partial charge in [0.05, 0.1) is 13.2 Å². The molecule has 2 N–H and O–H groups in total. The number of nitrogens with one attached hydrogen (secondary N) is 1. The lowest BCUT2D eigenvalue weighted by Crippen LogP contribution is -2.69. The van der Waals surface area contributed by atoms with E-state index in [-0.39, 0.29) is 13.2 Å². The Kier molecular flexibility index (Phi) is 6.42. The normalized spacial score (nSPS) is 35.8. The summed E-state index contributed by atoms with van der Waals surface area (Å²) in [4.78, 5) is 12.0. The zero-order chi connectivity index (χ0) is 18.1. The molecule has 0 aromatic heterocycles. The van der Waals surface area contributed by atoms with Gasteiger partial charge >= 0.3 is 0 Å². The van der Waals surface area contributed by atoms with Crippen molar-refractivity contribution in [3.8, 4) is 0 Å². The Hall–Kier alpha value is -0.120. The summed E-state index contributed by atoms with van der Waals surface area (Å²) in [5, 5.41) is 13.1. The first-order chi connectivity index (χ1) is 11.0. The van der Waals surface area contributed by atoms with Crippen LogP contribution in [0.3, 0.4) is 0 Å². The molecule has 0 bridgehead atoms. The summed E-state index contributed by atoms with van der Waals surface area (Å²) in [5.74, 6) is -1.80. The fourth-order valence-electron chi connectivity index (χ4n) is 2.54. The molecule has 10 heteroatoms. The highest BCUT2D eigenvalue weighted by Crippen LogP contribution is 2.34. The molecule has 2 heterocycles. The fraction of sp³-hybridized carbons (Fsp3) is 0.786. The number of rotatable bonds is 4. The molecular weight excluding hydrogens is 385 g/mol. The second-order valence-electron chi connectivity index (χ2n) is 5.95. The minimum atomic E-state index is -2.19. The van der Waals surface area contributed by atoms with Crippen LogP contribution in [0.25, 0.3) is 0 Å². The molecule has 0 aliphatic carbocycles. The quantitative estimate of drug-likeness (QED) is 0.542. The minimum Gasteiger partial charge on any atom is -0.388 e. The summed E-state index contributed by atoms with van der Waals surface area (Å²) < 4.78 is 20.3. The van der Waals surface area contributed by atoms with Gasteiger partial charge in [-0.1, -0.05) is 40.9 Å². The Morgan fingerprint density at radius 1 is 1.50 bits per heavy atom. The number of hydrogen-bond donors (Lipinski definition) is 2. The van der Waals surface area contributed by atoms with Gasteiger partial charge in [-0.2, -0.15) is 0 Å². The van der Waals surface area contributed by atoms with E-state index in [0.29, 0.717) is 0 Å². The molecule has 138 valence electrons. The third-order valence-electron chi connectivity index (χ3n) is 3.62. The number of hydrogen-bond acceptors (Lipinski definition) is 6. The molecule has 0 radical (unpaired) electrons. The molecule has 2 aliphatic rings. The number of fused-ring (bicyclic) bond motifs is 1. The van der Waals surface area contributed by atoms with Gasteiger partial charge in [0.25, 0.3) is 9.70 Å². The Labute approximate surface area is 155 Å². The summed E-state index contributed by atoms with van der Waals surface area (Å²) in [6.07, 6.45) is -1.93. The fourth-order valence-corrected chi connectivity index (χ4v) is 2.70. The summed E-state index contributed by atoms with van der Waals surface area (Å²) in [6.45, 7) is 7.32. The lowest BCUT2D eigenvalue weighted by Gasteiger charge is -2.49. The van der Waals surface area contributed by atoms with Crippen LogP contribution in [0, 0.1) is 0 Å². The standard InChI is InChI=1S/C14H20Cl3NO6/c1-4-5-21-11-8(18-12(20)14(15,16)17)9(19)10-7(23-11)6-22-13(2,3)24-10/h4,7-11,19H,1,5-6H2,2-3H3,(H,18,20)/t7-,8-,9-,10-,11-/m1/s1. The van der Waals surface area contributed by atoms with Crippen molar-refractivity contribution in [2.45, 2.75) is 54.1 Å². The number of carbonyl (C=O) groups is 1. The summed E-state index contributed by atoms with van der Waals surface area (Å²) in [5.41, 5.74) is 0. The first-order valence-corrected chi connectivity index (χ1v) is 8.44. The molecule has 0 unspecified atom stereocenters. The second-order valence-corrected chi connectivity index (χ2v) is 8.23. The van der Waals surface area contributed by atoms with Gasteiger partial charge in [0, 0.05) is 0 Å². The Bertz CT molecular complexity index is 484. The number of ether oxygens (including phenoxy) is 4. The molecule has 2 saturated heterocycles. The SMILES string of the molecule is C=CCO[C@@H]1O[C@@H]2COC(C)(C)O[C@H]2[C@H](O)[C@H]1NC(=O)C(Cl)(Cl)Cl. The highest BCUT2D eigenvalue weighted by molar-refractivity contribution is 6.76. The molecule has 2 fully saturated rings. The number of aliphatic hydroxyl groups is 1. The molecule has 0 aromatic carbocycles. The van der Waals surface area contributed by atoms with E-state index in [1.165, 1.54) is 6.08 Å². The van der Waals surface area contributed by atoms with Crippen molar-refractivity contribution < 1.29 is 28.8 Å². The number of amides is 1. The van der Waals surface area contributed by atoms with Gasteiger partial charge < -0.3 is 29.4 Å². The van der Waals surface area contributed by atoms with Crippen LogP contribution < -0.4 is 5.32 Å². The Morgan fingerprint density at radius 3 is 2.75 bits per heavy atom. The van der Waals surface area contributed by atoms with Gasteiger partial charge in [-0.15, -0.1) is 6.58 Å². The van der Waals surface area contributed by atoms with E-state index in [2.05, 4.69) is 11.9 Å². The van der Waals surface area contributed by atoms with E-state index in [4.69, 9.17) is 53.8 Å². The van der Waals surface area contributed by atoms with Crippen molar-refractivity contribution in [1.82, 2.24) is 5.32 Å². The van der Waals surface area contributed by atoms with E-state index >= 15 is 0 Å². The van der Waals surface area contributed by atoms with E-state index in [9.17, 15) is 9.90 Å². The largest absolute Gasteiger partial charge is 0.388 e. The van der Waals surface area contributed by atoms with Crippen LogP contribution in [0.1, 0.15) is 13.8 Å². The molecule has 0 aromatic rings. The minimum absolute atomic E-state index is 0.141. The topological polar surface area (TPSA) is 86.2 Å². The zero-order valence-electron chi connectivity index (χ0n) is 13.2. The lowest BCUT2D eigenvalue weighted by atomic mass is 9.95. The molecule has 2 rings (SSSR count). The number of alkyl halides is 3. The number of carbonyl (C=O) groups excluding carboxylic acids is 1. The van der Waals surface area contributed by atoms with Gasteiger partial charge in [-0.25, -0.2) is 0 Å². The van der Waals surface area contributed by atoms with Crippen LogP contribution in [-0.2, 0) is 23.7 Å². The predicted octanol–water partition coefficient (Wildman–Crippen LogP) is 1.28. The van der Waals surface area contributed by atoms with E-state index in [0.717, 1.165) is 0 Å². The van der Waals surface area contributed by atoms with Gasteiger partial charge in [-0.3, -0.25) is 4.79 Å². The average molecular weight is 405 g/mol. The van der Waals surface area contributed by atoms with Crippen molar-refractivity contribution in [3.05, 3.63) is 12.7 Å². The van der Waals surface area contributed by atoms with Gasteiger partial charge in [0.15, 0.2) is 12.1 Å². The van der Waals surface area contributed by atoms with Gasteiger partial charge in [-0.05, 0) is 13.8 Å². The number of halogens is 3. The van der Waals surface area contributed by atoms with Crippen LogP contribution >= 0.6 is 34.8 Å². The second kappa shape index (κ2) is 7.63. The monoisotopic (exact) mass is 403 g/mol. The Balaban J connectivity index is 2.18. The molecular formula is C14H20Cl3NO6. The van der Waals surface area contributed by atoms with E-state index in [1.54, 1.807) is 13.8 Å². The molecule has 1 amide bonds. The highest BCUT2D eigenvalue weighted by Gasteiger charge is 2.52. The van der Waals surface area contributed by atoms with Gasteiger partial charge in [0.2, 0.25) is 0 Å². The van der Waals surface area contributed by atoms with Crippen molar-refractivity contribution in [1.29, 1.82) is 0 Å². The summed E-state index contributed by atoms with van der Waals surface area (Å²) in [6, 6.07) is -0.997. The zero-order valence-corrected chi connectivity index (χ0v) is 15.5. The van der Waals surface area contributed by atoms with Crippen LogP contribution in [0.5, 0.6) is 0 Å². The van der Waals surface area contributed by atoms with Crippen LogP contribution in [0.15, 0.2) is 12.7 Å². The smallest absolute Gasteiger partial charge is 0.272 e. The molecule has 0 saturated carbocycles. The maximum atomic E-state index is 12.0. The lowest BCUT2D eigenvalue weighted by molar-refractivity contribution is -0.368. The van der Waals surface area contributed by atoms with Crippen molar-refractivity contribution in [2.24, 2.45) is 0 Å². The maximum Gasteiger partial charge on any atom is 0.272 e. The average Bonchev–Trinajstić information content (AvgIpc) is 2.47. The molecule has 24 heavy (non-hydrogen) atoms. The number of aliphatic hydroxyl groups excluding tert-OH is 1. The first kappa shape index (κ1) is 20.2. The predicted molar refractivity (Wildman–Crippen MR) is 87.9 cm³/mol. The maximum absolute atomic E-state index is 12.0. The van der Waals surface area contributed by atoms with E-state index < -0.39 is 46.1 Å². The van der Waals surface area contributed by atoms with Crippen molar-refractivity contribution in [2.75, 3.05) is 13.2 Å². The van der Waals surface area contributed by atoms with Crippen LogP contribution in [-0.4, -0.2) is 64.5 Å². The Morgan fingerprint density at radius 2 is 2.17 bits per heavy atom. The molecule has 7 nitrogen and oxygen atoms in total. The molecule has 0 spiro atoms. The summed E-state index contributed by atoms with van der Waals surface area (Å²) >= 11 is 16.7. The molecule has 5 atom stereocenters. The molecule has 2 aliphatic heterocycles. The van der Waals surface area contributed by atoms with Gasteiger partial charge in [0.1, 0.15) is 24.4 Å². The first-order valence-electron chi connectivity index (χ1n) is 7.30. The van der Waals surface area contributed by atoms with E-state index in [1.807, 2.05) is 0 Å². The van der Waals surface area contributed by atoms with Crippen molar-refractivity contribution >= 4 is 40.7 Å². The van der Waals surface area contributed by atoms with Crippen LogP contribution in [0.4, 0.5) is 0 Å². The van der Waals surface area contributed by atoms with Crippen molar-refractivity contribution in [3.63, 3.8) is 0 Å². The summed E-state index contributed by atoms with van der Waals surface area (Å²) in [7, 11) is 0. The third-order valence-corrected chi connectivity index (χ3v) is 4.14. The third kappa shape index (κ3) is 4.74. The highest BCUT2D eigenvalue weighted by atomic mass is 35.6.